The molecular formula is C4H8N2O5. The molecular weight excluding hydrogens is 156 g/mol. The number of hydrogen-bond acceptors (Lipinski definition) is 5. The van der Waals surface area contributed by atoms with Crippen molar-refractivity contribution >= 4 is 11.8 Å². The Balaban J connectivity index is 3.27. The fourth-order valence-electron chi connectivity index (χ4n) is 0.204. The maximum absolute atomic E-state index is 10.2. The molecule has 0 aliphatic rings. The number of aliphatic hydroxyl groups excluding tert-OH is 2. The van der Waals surface area contributed by atoms with E-state index in [1.165, 1.54) is 0 Å². The fourth-order valence-corrected chi connectivity index (χ4v) is 0.204. The van der Waals surface area contributed by atoms with Crippen LogP contribution in [0.3, 0.4) is 0 Å². The predicted octanol–water partition coefficient (Wildman–Crippen LogP) is -2.95. The first kappa shape index (κ1) is 9.82. The molecule has 7 heteroatoms. The van der Waals surface area contributed by atoms with Gasteiger partial charge in [-0.05, 0) is 0 Å². The highest BCUT2D eigenvalue weighted by Gasteiger charge is 1.99. The molecule has 4 N–H and O–H groups in total. The van der Waals surface area contributed by atoms with Gasteiger partial charge in [0, 0.05) is 0 Å². The van der Waals surface area contributed by atoms with Crippen molar-refractivity contribution in [3.63, 3.8) is 0 Å². The van der Waals surface area contributed by atoms with Crippen LogP contribution >= 0.6 is 0 Å². The number of rotatable bonds is 4. The van der Waals surface area contributed by atoms with Gasteiger partial charge in [0.15, 0.2) is 0 Å². The molecule has 7 nitrogen and oxygen atoms in total. The third kappa shape index (κ3) is 5.27. The smallest absolute Gasteiger partial charge is 0.271 e. The summed E-state index contributed by atoms with van der Waals surface area (Å²) in [5.74, 6) is -1.61. The fraction of sp³-hybridized carbons (Fsp3) is 0.500. The van der Waals surface area contributed by atoms with Crippen LogP contribution in [-0.4, -0.2) is 35.2 Å². The first-order valence-electron chi connectivity index (χ1n) is 2.66. The molecule has 2 amide bonds. The zero-order chi connectivity index (χ0) is 8.69. The Morgan fingerprint density at radius 3 is 1.73 bits per heavy atom. The molecule has 0 bridgehead atoms. The van der Waals surface area contributed by atoms with Gasteiger partial charge in [-0.15, -0.1) is 0 Å². The van der Waals surface area contributed by atoms with Gasteiger partial charge in [-0.1, -0.05) is 0 Å². The second-order valence-corrected chi connectivity index (χ2v) is 1.47. The molecule has 0 heterocycles. The molecule has 0 atom stereocenters. The zero-order valence-corrected chi connectivity index (χ0v) is 5.53. The Kier molecular flexibility index (Phi) is 4.99. The molecule has 0 spiro atoms. The van der Waals surface area contributed by atoms with E-state index in [1.54, 1.807) is 11.0 Å². The highest BCUT2D eigenvalue weighted by molar-refractivity contribution is 5.77. The molecule has 0 fully saturated rings. The number of hydroxylamine groups is 2. The molecule has 11 heavy (non-hydrogen) atoms. The molecule has 0 aromatic heterocycles. The van der Waals surface area contributed by atoms with Gasteiger partial charge in [0.25, 0.3) is 11.8 Å². The van der Waals surface area contributed by atoms with Crippen LogP contribution < -0.4 is 11.0 Å². The first-order valence-corrected chi connectivity index (χ1v) is 2.66. The van der Waals surface area contributed by atoms with Gasteiger partial charge in [0.1, 0.15) is 13.2 Å². The molecule has 0 radical (unpaired) electrons. The summed E-state index contributed by atoms with van der Waals surface area (Å²) in [5.41, 5.74) is 3.33. The first-order chi connectivity index (χ1) is 5.20. The van der Waals surface area contributed by atoms with E-state index < -0.39 is 25.0 Å². The summed E-state index contributed by atoms with van der Waals surface area (Å²) in [6.45, 7) is -1.48. The zero-order valence-electron chi connectivity index (χ0n) is 5.53. The maximum Gasteiger partial charge on any atom is 0.271 e. The molecule has 0 saturated heterocycles. The van der Waals surface area contributed by atoms with E-state index in [0.717, 1.165) is 0 Å². The summed E-state index contributed by atoms with van der Waals surface area (Å²) < 4.78 is 0. The van der Waals surface area contributed by atoms with Gasteiger partial charge in [-0.2, -0.15) is 4.94 Å². The highest BCUT2D eigenvalue weighted by atomic mass is 16.8. The van der Waals surface area contributed by atoms with Crippen LogP contribution in [0.1, 0.15) is 0 Å². The average molecular weight is 164 g/mol. The molecule has 0 unspecified atom stereocenters. The van der Waals surface area contributed by atoms with Crippen LogP contribution in [-0.2, 0) is 14.5 Å². The van der Waals surface area contributed by atoms with Gasteiger partial charge < -0.3 is 10.2 Å². The summed E-state index contributed by atoms with van der Waals surface area (Å²) in [4.78, 5) is 24.4. The van der Waals surface area contributed by atoms with Crippen LogP contribution in [0.25, 0.3) is 0 Å². The molecule has 0 rings (SSSR count). The van der Waals surface area contributed by atoms with E-state index in [4.69, 9.17) is 10.2 Å². The monoisotopic (exact) mass is 164 g/mol. The Hall–Kier alpha value is -1.18. The van der Waals surface area contributed by atoms with Crippen molar-refractivity contribution in [2.45, 2.75) is 0 Å². The van der Waals surface area contributed by atoms with Gasteiger partial charge in [0.2, 0.25) is 0 Å². The number of aliphatic hydroxyl groups is 2. The van der Waals surface area contributed by atoms with Crippen LogP contribution in [0.4, 0.5) is 0 Å². The molecule has 0 aromatic carbocycles. The number of carbonyl (C=O) groups excluding carboxylic acids is 2. The van der Waals surface area contributed by atoms with E-state index in [-0.39, 0.29) is 0 Å². The minimum absolute atomic E-state index is 0.741. The summed E-state index contributed by atoms with van der Waals surface area (Å²) in [6.07, 6.45) is 0. The number of hydrogen-bond donors (Lipinski definition) is 4. The van der Waals surface area contributed by atoms with E-state index >= 15 is 0 Å². The van der Waals surface area contributed by atoms with Gasteiger partial charge in [-0.3, -0.25) is 9.59 Å². The van der Waals surface area contributed by atoms with Crippen molar-refractivity contribution in [2.75, 3.05) is 13.2 Å². The third-order valence-electron chi connectivity index (χ3n) is 0.617. The van der Waals surface area contributed by atoms with Crippen molar-refractivity contribution in [1.29, 1.82) is 0 Å². The number of amides is 2. The molecule has 0 aromatic rings. The predicted molar refractivity (Wildman–Crippen MR) is 31.5 cm³/mol. The lowest BCUT2D eigenvalue weighted by Crippen LogP contribution is -2.37. The van der Waals surface area contributed by atoms with Gasteiger partial charge >= 0.3 is 0 Å². The van der Waals surface area contributed by atoms with Gasteiger partial charge in [-0.25, -0.2) is 11.0 Å². The average Bonchev–Trinajstić information content (AvgIpc) is 2.04. The van der Waals surface area contributed by atoms with E-state index in [0.29, 0.717) is 0 Å². The Bertz CT molecular complexity index is 131. The van der Waals surface area contributed by atoms with Crippen molar-refractivity contribution in [3.05, 3.63) is 0 Å². The Labute approximate surface area is 61.9 Å². The number of carbonyl (C=O) groups is 2. The van der Waals surface area contributed by atoms with Crippen LogP contribution in [0.2, 0.25) is 0 Å². The quantitative estimate of drug-likeness (QED) is 0.332. The summed E-state index contributed by atoms with van der Waals surface area (Å²) in [5, 5.41) is 16.2. The maximum atomic E-state index is 10.2. The Morgan fingerprint density at radius 2 is 1.45 bits per heavy atom. The van der Waals surface area contributed by atoms with E-state index in [2.05, 4.69) is 4.94 Å². The molecule has 0 aliphatic heterocycles. The Morgan fingerprint density at radius 1 is 1.09 bits per heavy atom. The summed E-state index contributed by atoms with van der Waals surface area (Å²) in [6, 6.07) is 0. The second-order valence-electron chi connectivity index (χ2n) is 1.47. The third-order valence-corrected chi connectivity index (χ3v) is 0.617. The normalized spacial score (nSPS) is 8.91. The van der Waals surface area contributed by atoms with E-state index in [1.807, 2.05) is 0 Å². The van der Waals surface area contributed by atoms with Gasteiger partial charge in [0.05, 0.1) is 0 Å². The van der Waals surface area contributed by atoms with Crippen molar-refractivity contribution in [3.8, 4) is 0 Å². The van der Waals surface area contributed by atoms with Crippen LogP contribution in [0.5, 0.6) is 0 Å². The topological polar surface area (TPSA) is 108 Å². The second kappa shape index (κ2) is 5.59. The van der Waals surface area contributed by atoms with Crippen LogP contribution in [0, 0.1) is 0 Å². The standard InChI is InChI=1S/C4H8N2O5/c7-1-3(9)5-11-6-4(10)2-8/h7-8H,1-2H2,(H,5,9)(H,6,10). The minimum Gasteiger partial charge on any atom is -0.386 e. The van der Waals surface area contributed by atoms with Crippen molar-refractivity contribution in [2.24, 2.45) is 0 Å². The summed E-state index contributed by atoms with van der Waals surface area (Å²) in [7, 11) is 0. The van der Waals surface area contributed by atoms with Crippen molar-refractivity contribution < 1.29 is 24.7 Å². The van der Waals surface area contributed by atoms with E-state index in [9.17, 15) is 9.59 Å². The van der Waals surface area contributed by atoms with Crippen LogP contribution in [0.15, 0.2) is 0 Å². The molecule has 0 aliphatic carbocycles. The highest BCUT2D eigenvalue weighted by Crippen LogP contribution is 1.64. The molecule has 0 saturated carbocycles. The van der Waals surface area contributed by atoms with Crippen molar-refractivity contribution in [1.82, 2.24) is 11.0 Å². The minimum atomic E-state index is -0.803. The number of nitrogens with one attached hydrogen (secondary N) is 2. The largest absolute Gasteiger partial charge is 0.386 e. The summed E-state index contributed by atoms with van der Waals surface area (Å²) >= 11 is 0. The lowest BCUT2D eigenvalue weighted by Gasteiger charge is -2.02. The molecule has 64 valence electrons. The SMILES string of the molecule is O=C(CO)NONC(=O)CO. The lowest BCUT2D eigenvalue weighted by atomic mass is 10.7. The lowest BCUT2D eigenvalue weighted by molar-refractivity contribution is -0.154.